The fraction of sp³-hybridized carbons (Fsp3) is 0.333. The summed E-state index contributed by atoms with van der Waals surface area (Å²) in [6.07, 6.45) is 11.2. The number of hydrogen-bond acceptors (Lipinski definition) is 0. The van der Waals surface area contributed by atoms with E-state index >= 15 is 0 Å². The van der Waals surface area contributed by atoms with Crippen LogP contribution in [0.3, 0.4) is 0 Å². The summed E-state index contributed by atoms with van der Waals surface area (Å²) in [5.74, 6) is 0.469. The third-order valence-corrected chi connectivity index (χ3v) is 4.21. The third kappa shape index (κ3) is 2.42. The van der Waals surface area contributed by atoms with Crippen LogP contribution in [-0.4, -0.2) is 0 Å². The maximum Gasteiger partial charge on any atom is 0.131 e. The number of allylic oxidation sites excluding steroid dienone is 6. The van der Waals surface area contributed by atoms with Gasteiger partial charge in [-0.05, 0) is 48.8 Å². The Bertz CT molecular complexity index is 575. The van der Waals surface area contributed by atoms with Gasteiger partial charge in [0.1, 0.15) is 5.82 Å². The molecule has 0 N–H and O–H groups in total. The zero-order valence-corrected chi connectivity index (χ0v) is 11.3. The van der Waals surface area contributed by atoms with Gasteiger partial charge >= 0.3 is 0 Å². The highest BCUT2D eigenvalue weighted by molar-refractivity contribution is 5.77. The molecule has 0 aromatic heterocycles. The van der Waals surface area contributed by atoms with Crippen LogP contribution in [0.4, 0.5) is 4.39 Å². The second-order valence-corrected chi connectivity index (χ2v) is 5.54. The average molecular weight is 254 g/mol. The van der Waals surface area contributed by atoms with E-state index in [2.05, 4.69) is 25.2 Å². The number of halogens is 1. The molecule has 0 radical (unpaired) electrons. The minimum absolute atomic E-state index is 0.133. The lowest BCUT2D eigenvalue weighted by atomic mass is 9.82. The molecule has 0 saturated heterocycles. The van der Waals surface area contributed by atoms with Gasteiger partial charge in [-0.3, -0.25) is 0 Å². The molecule has 19 heavy (non-hydrogen) atoms. The Morgan fingerprint density at radius 3 is 2.89 bits per heavy atom. The largest absolute Gasteiger partial charge is 0.206 e. The second-order valence-electron chi connectivity index (χ2n) is 5.54. The molecule has 2 aliphatic carbocycles. The summed E-state index contributed by atoms with van der Waals surface area (Å²) in [6.45, 7) is 2.29. The first-order valence-electron chi connectivity index (χ1n) is 7.11. The van der Waals surface area contributed by atoms with Crippen LogP contribution in [-0.2, 0) is 0 Å². The van der Waals surface area contributed by atoms with Gasteiger partial charge in [-0.25, -0.2) is 4.39 Å². The van der Waals surface area contributed by atoms with Crippen LogP contribution in [0.15, 0.2) is 53.6 Å². The van der Waals surface area contributed by atoms with Crippen LogP contribution in [0, 0.1) is 11.7 Å². The van der Waals surface area contributed by atoms with Gasteiger partial charge in [0.2, 0.25) is 0 Å². The molecular weight excluding hydrogens is 235 g/mol. The van der Waals surface area contributed by atoms with Crippen LogP contribution in [0.25, 0.3) is 5.57 Å². The Balaban J connectivity index is 2.07. The molecule has 0 bridgehead atoms. The van der Waals surface area contributed by atoms with Crippen LogP contribution >= 0.6 is 0 Å². The van der Waals surface area contributed by atoms with Crippen molar-refractivity contribution in [1.29, 1.82) is 0 Å². The van der Waals surface area contributed by atoms with Crippen molar-refractivity contribution in [3.8, 4) is 0 Å². The highest BCUT2D eigenvalue weighted by Crippen LogP contribution is 2.36. The molecule has 1 unspecified atom stereocenters. The molecule has 0 nitrogen and oxygen atoms in total. The zero-order valence-electron chi connectivity index (χ0n) is 11.3. The summed E-state index contributed by atoms with van der Waals surface area (Å²) in [4.78, 5) is 0. The molecule has 0 aliphatic heterocycles. The highest BCUT2D eigenvalue weighted by Gasteiger charge is 2.19. The first kappa shape index (κ1) is 12.4. The van der Waals surface area contributed by atoms with E-state index in [0.717, 1.165) is 12.0 Å². The van der Waals surface area contributed by atoms with Crippen LogP contribution in [0.2, 0.25) is 0 Å². The van der Waals surface area contributed by atoms with E-state index < -0.39 is 0 Å². The fourth-order valence-electron chi connectivity index (χ4n) is 3.14. The molecule has 0 spiro atoms. The Morgan fingerprint density at radius 1 is 1.21 bits per heavy atom. The predicted octanol–water partition coefficient (Wildman–Crippen LogP) is 5.29. The van der Waals surface area contributed by atoms with Crippen molar-refractivity contribution in [2.45, 2.75) is 32.6 Å². The van der Waals surface area contributed by atoms with Crippen molar-refractivity contribution in [2.75, 3.05) is 0 Å². The van der Waals surface area contributed by atoms with E-state index in [9.17, 15) is 4.39 Å². The number of benzene rings is 1. The van der Waals surface area contributed by atoms with E-state index in [1.165, 1.54) is 30.9 Å². The van der Waals surface area contributed by atoms with Crippen LogP contribution < -0.4 is 0 Å². The quantitative estimate of drug-likeness (QED) is 0.639. The average Bonchev–Trinajstić information content (AvgIpc) is 2.63. The standard InChI is InChI=1S/C18H19F/c1-13-6-4-7-14-8-5-9-15(12-17(13)14)16-10-2-3-11-18(16)19/h2-3,5,9-13H,4,6-8H2,1H3. The minimum Gasteiger partial charge on any atom is -0.206 e. The van der Waals surface area contributed by atoms with Gasteiger partial charge < -0.3 is 0 Å². The van der Waals surface area contributed by atoms with Crippen molar-refractivity contribution in [2.24, 2.45) is 5.92 Å². The van der Waals surface area contributed by atoms with E-state index in [4.69, 9.17) is 0 Å². The molecule has 3 rings (SSSR count). The monoisotopic (exact) mass is 254 g/mol. The minimum atomic E-state index is -0.133. The van der Waals surface area contributed by atoms with Crippen LogP contribution in [0.5, 0.6) is 0 Å². The zero-order chi connectivity index (χ0) is 13.2. The Morgan fingerprint density at radius 2 is 2.05 bits per heavy atom. The maximum absolute atomic E-state index is 13.9. The first-order valence-corrected chi connectivity index (χ1v) is 7.11. The smallest absolute Gasteiger partial charge is 0.131 e. The van der Waals surface area contributed by atoms with E-state index in [1.54, 1.807) is 11.6 Å². The Hall–Kier alpha value is -1.63. The lowest BCUT2D eigenvalue weighted by Crippen LogP contribution is -2.07. The van der Waals surface area contributed by atoms with Gasteiger partial charge in [0.15, 0.2) is 0 Å². The van der Waals surface area contributed by atoms with Gasteiger partial charge in [0.25, 0.3) is 0 Å². The first-order chi connectivity index (χ1) is 9.25. The SMILES string of the molecule is CC1CCCC2=C1C=C(c1ccccc1F)C=CC2. The van der Waals surface area contributed by atoms with Gasteiger partial charge in [0, 0.05) is 5.56 Å². The van der Waals surface area contributed by atoms with Crippen molar-refractivity contribution in [3.63, 3.8) is 0 Å². The molecule has 0 heterocycles. The number of rotatable bonds is 1. The molecule has 1 atom stereocenters. The summed E-state index contributed by atoms with van der Waals surface area (Å²) >= 11 is 0. The molecule has 1 aromatic rings. The molecule has 2 aliphatic rings. The molecule has 0 saturated carbocycles. The Labute approximate surface area is 114 Å². The van der Waals surface area contributed by atoms with Crippen molar-refractivity contribution in [3.05, 3.63) is 65.0 Å². The third-order valence-electron chi connectivity index (χ3n) is 4.21. The lowest BCUT2D eigenvalue weighted by Gasteiger charge is -2.23. The summed E-state index contributed by atoms with van der Waals surface area (Å²) in [7, 11) is 0. The fourth-order valence-corrected chi connectivity index (χ4v) is 3.14. The lowest BCUT2D eigenvalue weighted by molar-refractivity contribution is 0.542. The summed E-state index contributed by atoms with van der Waals surface area (Å²) < 4.78 is 13.9. The normalized spacial score (nSPS) is 22.8. The second kappa shape index (κ2) is 5.16. The highest BCUT2D eigenvalue weighted by atomic mass is 19.1. The van der Waals surface area contributed by atoms with Crippen molar-refractivity contribution in [1.82, 2.24) is 0 Å². The summed E-state index contributed by atoms with van der Waals surface area (Å²) in [5, 5.41) is 0. The molecule has 1 heteroatoms. The van der Waals surface area contributed by atoms with Crippen LogP contribution in [0.1, 0.15) is 38.2 Å². The van der Waals surface area contributed by atoms with Gasteiger partial charge in [-0.15, -0.1) is 0 Å². The Kier molecular flexibility index (Phi) is 3.37. The van der Waals surface area contributed by atoms with Gasteiger partial charge in [0.05, 0.1) is 0 Å². The molecule has 0 amide bonds. The van der Waals surface area contributed by atoms with E-state index in [0.29, 0.717) is 11.5 Å². The summed E-state index contributed by atoms with van der Waals surface area (Å²) in [5.41, 5.74) is 4.71. The van der Waals surface area contributed by atoms with Crippen molar-refractivity contribution < 1.29 is 4.39 Å². The van der Waals surface area contributed by atoms with E-state index in [-0.39, 0.29) is 5.82 Å². The summed E-state index contributed by atoms with van der Waals surface area (Å²) in [6, 6.07) is 7.05. The topological polar surface area (TPSA) is 0 Å². The van der Waals surface area contributed by atoms with Gasteiger partial charge in [-0.2, -0.15) is 0 Å². The predicted molar refractivity (Wildman–Crippen MR) is 78.2 cm³/mol. The maximum atomic E-state index is 13.9. The van der Waals surface area contributed by atoms with Crippen molar-refractivity contribution >= 4 is 5.57 Å². The van der Waals surface area contributed by atoms with Gasteiger partial charge in [-0.1, -0.05) is 48.9 Å². The molecular formula is C18H19F. The molecule has 98 valence electrons. The van der Waals surface area contributed by atoms with E-state index in [1.807, 2.05) is 12.1 Å². The molecule has 1 aromatic carbocycles. The number of hydrogen-bond donors (Lipinski definition) is 0. The molecule has 0 fully saturated rings.